The number of methoxy groups -OCH3 is 1. The molecule has 1 rings (SSSR count). The van der Waals surface area contributed by atoms with Crippen molar-refractivity contribution in [3.05, 3.63) is 35.4 Å². The van der Waals surface area contributed by atoms with Crippen molar-refractivity contribution in [2.45, 2.75) is 33.1 Å². The molecule has 0 aromatic heterocycles. The first-order chi connectivity index (χ1) is 11.1. The van der Waals surface area contributed by atoms with E-state index in [2.05, 4.69) is 34.2 Å². The maximum absolute atomic E-state index is 11.4. The highest BCUT2D eigenvalue weighted by Gasteiger charge is 2.04. The average molecular weight is 447 g/mol. The number of halogens is 1. The lowest BCUT2D eigenvalue weighted by atomic mass is 10.1. The number of hydrogen-bond acceptors (Lipinski definition) is 3. The highest BCUT2D eigenvalue weighted by Crippen LogP contribution is 2.06. The number of carbonyl (C=O) groups excluding carboxylic acids is 1. The Morgan fingerprint density at radius 3 is 2.33 bits per heavy atom. The monoisotopic (exact) mass is 447 g/mol. The molecule has 0 radical (unpaired) electrons. The summed E-state index contributed by atoms with van der Waals surface area (Å²) in [4.78, 5) is 15.6. The standard InChI is InChI=1S/C18H29N3O2.HI/c1-14(2)6-5-12-20-18(19-3)21-13-11-15-7-9-16(10-8-15)17(22)23-4;/h7-10,14H,5-6,11-13H2,1-4H3,(H2,19,20,21);1H. The molecule has 136 valence electrons. The van der Waals surface area contributed by atoms with E-state index >= 15 is 0 Å². The van der Waals surface area contributed by atoms with Crippen LogP contribution in [-0.4, -0.2) is 39.2 Å². The minimum Gasteiger partial charge on any atom is -0.465 e. The Hall–Kier alpha value is -1.31. The van der Waals surface area contributed by atoms with Gasteiger partial charge >= 0.3 is 5.97 Å². The molecule has 0 aliphatic rings. The lowest BCUT2D eigenvalue weighted by molar-refractivity contribution is 0.0600. The van der Waals surface area contributed by atoms with Gasteiger partial charge in [0.25, 0.3) is 0 Å². The zero-order chi connectivity index (χ0) is 17.1. The molecular formula is C18H30IN3O2. The third-order valence-electron chi connectivity index (χ3n) is 3.56. The first-order valence-corrected chi connectivity index (χ1v) is 8.18. The van der Waals surface area contributed by atoms with Crippen LogP contribution >= 0.6 is 24.0 Å². The van der Waals surface area contributed by atoms with Gasteiger partial charge in [-0.1, -0.05) is 26.0 Å². The Morgan fingerprint density at radius 2 is 1.79 bits per heavy atom. The zero-order valence-electron chi connectivity index (χ0n) is 15.1. The molecule has 6 heteroatoms. The van der Waals surface area contributed by atoms with Crippen molar-refractivity contribution >= 4 is 35.9 Å². The number of rotatable bonds is 8. The summed E-state index contributed by atoms with van der Waals surface area (Å²) >= 11 is 0. The Kier molecular flexibility index (Phi) is 12.3. The summed E-state index contributed by atoms with van der Waals surface area (Å²) in [5.41, 5.74) is 1.74. The van der Waals surface area contributed by atoms with Crippen molar-refractivity contribution in [1.29, 1.82) is 0 Å². The van der Waals surface area contributed by atoms with Gasteiger partial charge in [0, 0.05) is 20.1 Å². The van der Waals surface area contributed by atoms with Crippen molar-refractivity contribution in [3.8, 4) is 0 Å². The molecule has 0 saturated carbocycles. The number of ether oxygens (including phenoxy) is 1. The van der Waals surface area contributed by atoms with E-state index < -0.39 is 0 Å². The maximum atomic E-state index is 11.4. The maximum Gasteiger partial charge on any atom is 0.337 e. The van der Waals surface area contributed by atoms with Crippen molar-refractivity contribution in [2.24, 2.45) is 10.9 Å². The second-order valence-corrected chi connectivity index (χ2v) is 5.90. The van der Waals surface area contributed by atoms with Gasteiger partial charge in [-0.25, -0.2) is 4.79 Å². The van der Waals surface area contributed by atoms with E-state index in [1.807, 2.05) is 12.1 Å². The van der Waals surface area contributed by atoms with Crippen LogP contribution in [0.4, 0.5) is 0 Å². The van der Waals surface area contributed by atoms with E-state index in [4.69, 9.17) is 0 Å². The molecule has 0 heterocycles. The molecule has 0 atom stereocenters. The van der Waals surface area contributed by atoms with Crippen LogP contribution in [0.3, 0.4) is 0 Å². The normalized spacial score (nSPS) is 11.0. The number of nitrogens with zero attached hydrogens (tertiary/aromatic N) is 1. The molecule has 1 aromatic carbocycles. The summed E-state index contributed by atoms with van der Waals surface area (Å²) < 4.78 is 4.69. The number of nitrogens with one attached hydrogen (secondary N) is 2. The minimum atomic E-state index is -0.305. The van der Waals surface area contributed by atoms with Crippen LogP contribution in [0.2, 0.25) is 0 Å². The van der Waals surface area contributed by atoms with Crippen LogP contribution in [0.15, 0.2) is 29.3 Å². The van der Waals surface area contributed by atoms with Crippen LogP contribution < -0.4 is 10.6 Å². The molecule has 2 N–H and O–H groups in total. The van der Waals surface area contributed by atoms with E-state index in [1.165, 1.54) is 19.1 Å². The van der Waals surface area contributed by atoms with Crippen LogP contribution in [0.25, 0.3) is 0 Å². The van der Waals surface area contributed by atoms with Crippen molar-refractivity contribution in [3.63, 3.8) is 0 Å². The summed E-state index contributed by atoms with van der Waals surface area (Å²) in [5, 5.41) is 6.62. The van der Waals surface area contributed by atoms with E-state index in [0.717, 1.165) is 37.8 Å². The summed E-state index contributed by atoms with van der Waals surface area (Å²) in [7, 11) is 3.17. The van der Waals surface area contributed by atoms with Gasteiger partial charge in [-0.3, -0.25) is 4.99 Å². The number of esters is 1. The van der Waals surface area contributed by atoms with Crippen molar-refractivity contribution < 1.29 is 9.53 Å². The van der Waals surface area contributed by atoms with Crippen LogP contribution in [0, 0.1) is 5.92 Å². The van der Waals surface area contributed by atoms with E-state index in [-0.39, 0.29) is 29.9 Å². The Bertz CT molecular complexity index is 501. The molecule has 1 aromatic rings. The van der Waals surface area contributed by atoms with E-state index in [0.29, 0.717) is 5.56 Å². The van der Waals surface area contributed by atoms with Gasteiger partial charge in [0.15, 0.2) is 5.96 Å². The Labute approximate surface area is 162 Å². The van der Waals surface area contributed by atoms with Crippen molar-refractivity contribution in [1.82, 2.24) is 10.6 Å². The number of carbonyl (C=O) groups is 1. The third-order valence-corrected chi connectivity index (χ3v) is 3.56. The quantitative estimate of drug-likeness (QED) is 0.211. The molecule has 0 saturated heterocycles. The highest BCUT2D eigenvalue weighted by atomic mass is 127. The molecule has 0 amide bonds. The fourth-order valence-corrected chi connectivity index (χ4v) is 2.19. The minimum absolute atomic E-state index is 0. The number of hydrogen-bond donors (Lipinski definition) is 2. The molecule has 0 unspecified atom stereocenters. The summed E-state index contributed by atoms with van der Waals surface area (Å²) in [5.74, 6) is 1.26. The summed E-state index contributed by atoms with van der Waals surface area (Å²) in [6.45, 7) is 6.20. The molecule has 0 bridgehead atoms. The first-order valence-electron chi connectivity index (χ1n) is 8.18. The molecule has 0 aliphatic heterocycles. The highest BCUT2D eigenvalue weighted by molar-refractivity contribution is 14.0. The van der Waals surface area contributed by atoms with E-state index in [1.54, 1.807) is 19.2 Å². The lowest BCUT2D eigenvalue weighted by Gasteiger charge is -2.12. The van der Waals surface area contributed by atoms with Crippen LogP contribution in [0.1, 0.15) is 42.6 Å². The second kappa shape index (κ2) is 13.0. The topological polar surface area (TPSA) is 62.7 Å². The van der Waals surface area contributed by atoms with Gasteiger partial charge < -0.3 is 15.4 Å². The lowest BCUT2D eigenvalue weighted by Crippen LogP contribution is -2.38. The number of benzene rings is 1. The average Bonchev–Trinajstić information content (AvgIpc) is 2.56. The molecule has 24 heavy (non-hydrogen) atoms. The van der Waals surface area contributed by atoms with Gasteiger partial charge in [0.2, 0.25) is 0 Å². The predicted octanol–water partition coefficient (Wildman–Crippen LogP) is 3.23. The predicted molar refractivity (Wildman–Crippen MR) is 110 cm³/mol. The van der Waals surface area contributed by atoms with Gasteiger partial charge in [-0.05, 0) is 42.9 Å². The summed E-state index contributed by atoms with van der Waals surface area (Å²) in [6, 6.07) is 7.49. The molecule has 5 nitrogen and oxygen atoms in total. The zero-order valence-corrected chi connectivity index (χ0v) is 17.4. The van der Waals surface area contributed by atoms with Gasteiger partial charge in [0.1, 0.15) is 0 Å². The van der Waals surface area contributed by atoms with Crippen LogP contribution in [-0.2, 0) is 11.2 Å². The van der Waals surface area contributed by atoms with E-state index in [9.17, 15) is 4.79 Å². The fraction of sp³-hybridized carbons (Fsp3) is 0.556. The molecule has 0 spiro atoms. The molecular weight excluding hydrogens is 417 g/mol. The van der Waals surface area contributed by atoms with Crippen molar-refractivity contribution in [2.75, 3.05) is 27.2 Å². The molecule has 0 aliphatic carbocycles. The van der Waals surface area contributed by atoms with Gasteiger partial charge in [-0.15, -0.1) is 24.0 Å². The number of aliphatic imine (C=N–C) groups is 1. The van der Waals surface area contributed by atoms with Gasteiger partial charge in [-0.2, -0.15) is 0 Å². The second-order valence-electron chi connectivity index (χ2n) is 5.90. The fourth-order valence-electron chi connectivity index (χ4n) is 2.19. The smallest absolute Gasteiger partial charge is 0.337 e. The molecule has 0 fully saturated rings. The Balaban J connectivity index is 0.00000529. The summed E-state index contributed by atoms with van der Waals surface area (Å²) in [6.07, 6.45) is 3.23. The third kappa shape index (κ3) is 9.10. The largest absolute Gasteiger partial charge is 0.465 e. The Morgan fingerprint density at radius 1 is 1.17 bits per heavy atom. The van der Waals surface area contributed by atoms with Gasteiger partial charge in [0.05, 0.1) is 12.7 Å². The number of guanidine groups is 1. The SMILES string of the molecule is CN=C(NCCCC(C)C)NCCc1ccc(C(=O)OC)cc1.I. The van der Waals surface area contributed by atoms with Crippen LogP contribution in [0.5, 0.6) is 0 Å². The first kappa shape index (κ1) is 22.7.